The summed E-state index contributed by atoms with van der Waals surface area (Å²) in [5, 5.41) is 7.93. The molecule has 105 heavy (non-hydrogen) atoms. The van der Waals surface area contributed by atoms with Crippen molar-refractivity contribution >= 4 is 63.3 Å². The fraction of sp³-hybridized carbons (Fsp3) is 0.423. The maximum absolute atomic E-state index is 16.6. The van der Waals surface area contributed by atoms with Gasteiger partial charge < -0.3 is 64.5 Å². The molecule has 6 heterocycles. The molecule has 5 N–H and O–H groups in total. The summed E-state index contributed by atoms with van der Waals surface area (Å²) in [7, 11) is 3.72. The Bertz CT molecular complexity index is 4750. The molecule has 0 bridgehead atoms. The molecule has 0 unspecified atom stereocenters. The number of nitrogens with one attached hydrogen (secondary N) is 5. The third kappa shape index (κ3) is 13.9. The number of alkyl halides is 4. The third-order valence-electron chi connectivity index (χ3n) is 21.3. The highest BCUT2D eigenvalue weighted by Gasteiger charge is 2.56. The number of amides is 6. The Morgan fingerprint density at radius 3 is 1.36 bits per heavy atom. The molecular formula is C78H82BrF4N13O9. The van der Waals surface area contributed by atoms with Gasteiger partial charge in [-0.1, -0.05) is 113 Å². The summed E-state index contributed by atoms with van der Waals surface area (Å²) in [6.07, 6.45) is 5.09. The first-order valence-electron chi connectivity index (χ1n) is 34.6. The number of carbonyl (C=O) groups is 6. The van der Waals surface area contributed by atoms with Crippen LogP contribution in [0.5, 0.6) is 0 Å². The molecule has 7 aliphatic rings. The number of hydrogen-bond donors (Lipinski definition) is 5. The van der Waals surface area contributed by atoms with Gasteiger partial charge in [-0.15, -0.1) is 0 Å². The van der Waals surface area contributed by atoms with E-state index in [4.69, 9.17) is 27.6 Å². The first-order valence-corrected chi connectivity index (χ1v) is 35.4. The Morgan fingerprint density at radius 2 is 0.943 bits per heavy atom. The molecule has 27 heteroatoms. The van der Waals surface area contributed by atoms with E-state index in [1.807, 2.05) is 56.9 Å². The summed E-state index contributed by atoms with van der Waals surface area (Å²) in [6.45, 7) is 27.2. The first kappa shape index (κ1) is 74.3. The second-order valence-corrected chi connectivity index (χ2v) is 29.8. The van der Waals surface area contributed by atoms with Gasteiger partial charge in [0.25, 0.3) is 11.8 Å². The maximum Gasteiger partial charge on any atom is 0.407 e. The van der Waals surface area contributed by atoms with E-state index in [1.165, 1.54) is 39.5 Å². The average Bonchev–Trinajstić information content (AvgIpc) is 1.59. The highest BCUT2D eigenvalue weighted by atomic mass is 79.9. The summed E-state index contributed by atoms with van der Waals surface area (Å²) in [5.41, 5.74) is 7.68. The zero-order valence-electron chi connectivity index (χ0n) is 58.7. The number of imidazole rings is 2. The molecule has 3 aliphatic carbocycles. The second-order valence-electron chi connectivity index (χ2n) is 28.9. The Balaban J connectivity index is 0.000000221. The number of halogens is 5. The highest BCUT2D eigenvalue weighted by Crippen LogP contribution is 2.57. The summed E-state index contributed by atoms with van der Waals surface area (Å²) >= 11 is 3.28. The minimum Gasteiger partial charge on any atom is -0.453 e. The van der Waals surface area contributed by atoms with Crippen LogP contribution in [0.3, 0.4) is 0 Å². The number of fused-ring (bicyclic) bond motifs is 7. The van der Waals surface area contributed by atoms with Crippen molar-refractivity contribution in [2.75, 3.05) is 41.0 Å². The summed E-state index contributed by atoms with van der Waals surface area (Å²) in [6, 6.07) is 21.0. The lowest BCUT2D eigenvalue weighted by Crippen LogP contribution is -2.53. The van der Waals surface area contributed by atoms with Gasteiger partial charge in [-0.05, 0) is 124 Å². The van der Waals surface area contributed by atoms with Crippen LogP contribution in [0.4, 0.5) is 37.6 Å². The lowest BCUT2D eigenvalue weighted by molar-refractivity contribution is -0.136. The number of benzene rings is 5. The van der Waals surface area contributed by atoms with Gasteiger partial charge in [-0.2, -0.15) is 17.6 Å². The van der Waals surface area contributed by atoms with Crippen LogP contribution in [-0.2, 0) is 46.9 Å². The van der Waals surface area contributed by atoms with Gasteiger partial charge in [0, 0.05) is 56.5 Å². The molecule has 7 aromatic rings. The van der Waals surface area contributed by atoms with Crippen LogP contribution in [0.15, 0.2) is 113 Å². The number of alkyl carbamates (subject to hydrolysis) is 3. The predicted octanol–water partition coefficient (Wildman–Crippen LogP) is 14.7. The van der Waals surface area contributed by atoms with Gasteiger partial charge in [-0.25, -0.2) is 37.5 Å². The SMILES string of the molecule is C.[C-]#[N+][C@H]1C[C@@H](c2ncc(-c3ccc4c(c3)C(F)(F)c3cc(-c5ccc6c(c5)CC([C@@H]5CC7(CC7)CN5C(=O)[C@@H](NC(=O)OC)C(C)C)=N6)ccc3-4)[nH]2)N(C(=O)[C@@H](NC(=O)OC)C(C)C)C1.[C-]#[N+][C@H]1C[C@@H](c2ncc(-c3ccc4c(c3)C(F)(F)c3cc(Br)ccc3-4)[nH]2)N(C(=O)[C@@H](NC(=O)OC)C(C)C)C1. The Labute approximate surface area is 614 Å². The molecule has 4 aliphatic heterocycles. The standard InChI is InChI=1S/C49H52F2N8O6.C28H26BrF2N5O3.CH4/c1-25(2)41(56-46(62)64-6)44(60)58-23-31(52-5)20-39(58)43-53-22-38(55-43)29-9-12-33-32-11-8-28(17-34(32)49(50,51)35(33)18-29)27-10-13-36-30(16-27)19-37(54-36)40-21-48(14-15-48)24-59(40)45(61)42(26(3)4)57-47(63)65-7;1-14(2)24(35-27(38)39-4)26(37)36-13-17(32-3)11-23(36)25-33-12-22(34-25)15-5-7-18-19-8-6-16(29)10-21(19)28(30,31)20(18)9-15;/h8-13,16-18,22,25-26,31,39-42H,14-15,19-21,23-24H2,1-4,6-7H3,(H,53,55)(H,56,62)(H,57,63);5-10,12,14,17,23-24H,11,13H2,1-2,4H3,(H,33,34)(H,35,38);1H4/t31-,39-,40-,41-,42-;17-,23-,24-;/m00./s1. The van der Waals surface area contributed by atoms with Crippen molar-refractivity contribution in [1.29, 1.82) is 0 Å². The molecule has 8 atom stereocenters. The van der Waals surface area contributed by atoms with Gasteiger partial charge in [0.15, 0.2) is 0 Å². The van der Waals surface area contributed by atoms with Gasteiger partial charge in [0.1, 0.15) is 29.8 Å². The topological polar surface area (TPSA) is 254 Å². The summed E-state index contributed by atoms with van der Waals surface area (Å²) in [5.74, 6) is -7.09. The number of likely N-dealkylation sites (tertiary alicyclic amines) is 3. The Kier molecular flexibility index (Phi) is 20.5. The smallest absolute Gasteiger partial charge is 0.407 e. The summed E-state index contributed by atoms with van der Waals surface area (Å²) < 4.78 is 78.9. The van der Waals surface area contributed by atoms with Crippen LogP contribution in [-0.4, -0.2) is 154 Å². The molecule has 1 saturated carbocycles. The first-order chi connectivity index (χ1) is 49.6. The molecule has 1 spiro atoms. The van der Waals surface area contributed by atoms with Crippen LogP contribution < -0.4 is 16.0 Å². The van der Waals surface area contributed by atoms with Crippen molar-refractivity contribution in [1.82, 2.24) is 50.6 Å². The molecule has 5 aromatic carbocycles. The average molecular weight is 1500 g/mol. The Morgan fingerprint density at radius 1 is 0.552 bits per heavy atom. The van der Waals surface area contributed by atoms with E-state index in [9.17, 15) is 28.8 Å². The fourth-order valence-corrected chi connectivity index (χ4v) is 15.8. The number of nitrogens with zero attached hydrogens (tertiary/aromatic N) is 8. The van der Waals surface area contributed by atoms with Gasteiger partial charge in [0.05, 0.1) is 94.9 Å². The van der Waals surface area contributed by atoms with Gasteiger partial charge in [-0.3, -0.25) is 19.4 Å². The zero-order valence-corrected chi connectivity index (χ0v) is 60.3. The highest BCUT2D eigenvalue weighted by molar-refractivity contribution is 9.10. The lowest BCUT2D eigenvalue weighted by atomic mass is 9.94. The molecule has 3 saturated heterocycles. The van der Waals surface area contributed by atoms with Gasteiger partial charge in [0.2, 0.25) is 29.8 Å². The van der Waals surface area contributed by atoms with E-state index >= 15 is 17.6 Å². The van der Waals surface area contributed by atoms with Crippen LogP contribution >= 0.6 is 15.9 Å². The minimum absolute atomic E-state index is 0. The van der Waals surface area contributed by atoms with Crippen molar-refractivity contribution in [2.45, 2.75) is 148 Å². The van der Waals surface area contributed by atoms with Crippen molar-refractivity contribution in [3.63, 3.8) is 0 Å². The number of aliphatic imine (C=N–C) groups is 1. The molecule has 4 fully saturated rings. The van der Waals surface area contributed by atoms with Crippen LogP contribution in [0.25, 0.3) is 65.6 Å². The normalized spacial score (nSPS) is 20.7. The van der Waals surface area contributed by atoms with Gasteiger partial charge >= 0.3 is 18.3 Å². The largest absolute Gasteiger partial charge is 0.453 e. The number of H-pyrrole nitrogens is 2. The van der Waals surface area contributed by atoms with E-state index in [-0.39, 0.29) is 89.7 Å². The number of hydrogen-bond acceptors (Lipinski definition) is 12. The monoisotopic (exact) mass is 1500 g/mol. The predicted molar refractivity (Wildman–Crippen MR) is 389 cm³/mol. The van der Waals surface area contributed by atoms with Crippen molar-refractivity contribution in [2.24, 2.45) is 28.2 Å². The fourth-order valence-electron chi connectivity index (χ4n) is 15.4. The van der Waals surface area contributed by atoms with E-state index in [0.29, 0.717) is 92.3 Å². The Hall–Kier alpha value is -10.4. The molecule has 6 amide bonds. The number of rotatable bonds is 15. The number of methoxy groups -OCH3 is 3. The zero-order chi connectivity index (χ0) is 74.2. The maximum atomic E-state index is 16.6. The second kappa shape index (κ2) is 28.9. The molecule has 22 nitrogen and oxygen atoms in total. The van der Waals surface area contributed by atoms with E-state index in [1.54, 1.807) is 84.6 Å². The van der Waals surface area contributed by atoms with Crippen molar-refractivity contribution < 1.29 is 60.5 Å². The molecular weight excluding hydrogens is 1420 g/mol. The quantitative estimate of drug-likeness (QED) is 0.0366. The van der Waals surface area contributed by atoms with Crippen LogP contribution in [0.2, 0.25) is 0 Å². The van der Waals surface area contributed by atoms with Crippen LogP contribution in [0.1, 0.15) is 133 Å². The molecule has 2 aromatic heterocycles. The lowest BCUT2D eigenvalue weighted by Gasteiger charge is -2.31. The molecule has 14 rings (SSSR count). The number of ether oxygens (including phenoxy) is 3. The van der Waals surface area contributed by atoms with E-state index in [2.05, 4.69) is 66.2 Å². The van der Waals surface area contributed by atoms with Crippen molar-refractivity contribution in [3.8, 4) is 55.9 Å². The summed E-state index contributed by atoms with van der Waals surface area (Å²) in [4.78, 5) is 110. The van der Waals surface area contributed by atoms with Crippen LogP contribution in [0, 0.1) is 36.3 Å². The van der Waals surface area contributed by atoms with E-state index < -0.39 is 72.4 Å². The minimum atomic E-state index is -3.31. The number of aromatic nitrogens is 4. The third-order valence-corrected chi connectivity index (χ3v) is 21.8. The molecule has 548 valence electrons. The van der Waals surface area contributed by atoms with Crippen molar-refractivity contribution in [3.05, 3.63) is 170 Å². The molecule has 0 radical (unpaired) electrons. The number of carbonyl (C=O) groups excluding carboxylic acids is 6. The number of aromatic amines is 2. The van der Waals surface area contributed by atoms with E-state index in [0.717, 1.165) is 41.8 Å².